The quantitative estimate of drug-likeness (QED) is 0.870. The summed E-state index contributed by atoms with van der Waals surface area (Å²) in [4.78, 5) is 0. The molecule has 2 atom stereocenters. The zero-order chi connectivity index (χ0) is 15.7. The summed E-state index contributed by atoms with van der Waals surface area (Å²) in [7, 11) is 0. The first-order valence-corrected chi connectivity index (χ1v) is 7.31. The van der Waals surface area contributed by atoms with Gasteiger partial charge in [0, 0.05) is 11.6 Å². The van der Waals surface area contributed by atoms with E-state index in [0.717, 1.165) is 25.7 Å². The highest BCUT2D eigenvalue weighted by molar-refractivity contribution is 5.36. The predicted octanol–water partition coefficient (Wildman–Crippen LogP) is 4.80. The van der Waals surface area contributed by atoms with Crippen LogP contribution >= 0.6 is 0 Å². The molecule has 0 aliphatic heterocycles. The van der Waals surface area contributed by atoms with Gasteiger partial charge in [0.05, 0.1) is 0 Å². The molecular formula is C16H22F3NO. The van der Waals surface area contributed by atoms with Crippen LogP contribution in [0.25, 0.3) is 0 Å². The summed E-state index contributed by atoms with van der Waals surface area (Å²) < 4.78 is 41.7. The van der Waals surface area contributed by atoms with Crippen molar-refractivity contribution in [3.8, 4) is 5.75 Å². The van der Waals surface area contributed by atoms with Gasteiger partial charge in [-0.1, -0.05) is 44.9 Å². The van der Waals surface area contributed by atoms with Crippen molar-refractivity contribution in [2.75, 3.05) is 0 Å². The number of benzene rings is 1. The average Bonchev–Trinajstić information content (AvgIpc) is 2.36. The fourth-order valence-corrected chi connectivity index (χ4v) is 3.38. The van der Waals surface area contributed by atoms with Crippen LogP contribution in [0.3, 0.4) is 0 Å². The zero-order valence-corrected chi connectivity index (χ0v) is 12.4. The first-order chi connectivity index (χ1) is 9.71. The van der Waals surface area contributed by atoms with Crippen LogP contribution < -0.4 is 10.5 Å². The number of alkyl halides is 3. The van der Waals surface area contributed by atoms with Gasteiger partial charge in [-0.15, -0.1) is 13.2 Å². The number of ether oxygens (including phenoxy) is 1. The van der Waals surface area contributed by atoms with Crippen molar-refractivity contribution < 1.29 is 17.9 Å². The molecule has 0 heterocycles. The van der Waals surface area contributed by atoms with E-state index in [0.29, 0.717) is 5.56 Å². The van der Waals surface area contributed by atoms with Crippen LogP contribution in [0.4, 0.5) is 13.2 Å². The predicted molar refractivity (Wildman–Crippen MR) is 75.8 cm³/mol. The number of halogens is 3. The Hall–Kier alpha value is -1.23. The highest BCUT2D eigenvalue weighted by atomic mass is 19.4. The molecule has 21 heavy (non-hydrogen) atoms. The molecule has 1 aliphatic rings. The number of hydrogen-bond acceptors (Lipinski definition) is 2. The monoisotopic (exact) mass is 301 g/mol. The Labute approximate surface area is 123 Å². The highest BCUT2D eigenvalue weighted by Crippen LogP contribution is 2.47. The minimum Gasteiger partial charge on any atom is -0.405 e. The summed E-state index contributed by atoms with van der Waals surface area (Å²) in [6, 6.07) is 5.76. The maximum atomic E-state index is 12.5. The third-order valence-corrected chi connectivity index (χ3v) is 4.53. The second-order valence-corrected chi connectivity index (χ2v) is 6.45. The van der Waals surface area contributed by atoms with Crippen molar-refractivity contribution in [1.29, 1.82) is 0 Å². The molecule has 0 aromatic heterocycles. The van der Waals surface area contributed by atoms with Crippen LogP contribution in [0, 0.1) is 11.3 Å². The summed E-state index contributed by atoms with van der Waals surface area (Å²) in [6.45, 7) is 4.29. The second kappa shape index (κ2) is 5.87. The Balaban J connectivity index is 2.28. The molecule has 2 nitrogen and oxygen atoms in total. The normalized spacial score (nSPS) is 23.6. The lowest BCUT2D eigenvalue weighted by Gasteiger charge is -2.42. The van der Waals surface area contributed by atoms with E-state index in [-0.39, 0.29) is 17.1 Å². The maximum Gasteiger partial charge on any atom is 0.573 e. The molecule has 5 heteroatoms. The molecule has 1 fully saturated rings. The number of para-hydroxylation sites is 1. The molecule has 118 valence electrons. The summed E-state index contributed by atoms with van der Waals surface area (Å²) >= 11 is 0. The maximum absolute atomic E-state index is 12.5. The molecule has 1 saturated carbocycles. The molecular weight excluding hydrogens is 279 g/mol. The molecule has 1 aromatic rings. The molecule has 2 unspecified atom stereocenters. The van der Waals surface area contributed by atoms with Crippen LogP contribution in [0.1, 0.15) is 51.1 Å². The van der Waals surface area contributed by atoms with E-state index < -0.39 is 12.4 Å². The number of nitrogens with two attached hydrogens (primary N) is 1. The zero-order valence-electron chi connectivity index (χ0n) is 12.4. The summed E-state index contributed by atoms with van der Waals surface area (Å²) in [5, 5.41) is 0. The van der Waals surface area contributed by atoms with E-state index in [2.05, 4.69) is 18.6 Å². The Morgan fingerprint density at radius 1 is 1.24 bits per heavy atom. The van der Waals surface area contributed by atoms with Crippen LogP contribution in [-0.4, -0.2) is 6.36 Å². The standard InChI is InChI=1S/C16H22F3NO/c1-15(2)10-6-5-8-12(15)14(20)11-7-3-4-9-13(11)21-16(17,18)19/h3-4,7,9,12,14H,5-6,8,10,20H2,1-2H3. The van der Waals surface area contributed by atoms with E-state index in [1.54, 1.807) is 12.1 Å². The minimum atomic E-state index is -4.70. The second-order valence-electron chi connectivity index (χ2n) is 6.45. The van der Waals surface area contributed by atoms with E-state index in [1.165, 1.54) is 12.1 Å². The fourth-order valence-electron chi connectivity index (χ4n) is 3.38. The van der Waals surface area contributed by atoms with E-state index in [1.807, 2.05) is 0 Å². The molecule has 1 aliphatic carbocycles. The van der Waals surface area contributed by atoms with Crippen LogP contribution in [0.5, 0.6) is 5.75 Å². The van der Waals surface area contributed by atoms with Gasteiger partial charge < -0.3 is 10.5 Å². The van der Waals surface area contributed by atoms with Crippen molar-refractivity contribution in [3.63, 3.8) is 0 Å². The lowest BCUT2D eigenvalue weighted by molar-refractivity contribution is -0.275. The molecule has 0 spiro atoms. The van der Waals surface area contributed by atoms with E-state index >= 15 is 0 Å². The van der Waals surface area contributed by atoms with Crippen molar-refractivity contribution in [1.82, 2.24) is 0 Å². The third-order valence-electron chi connectivity index (χ3n) is 4.53. The third kappa shape index (κ3) is 3.90. The Kier molecular flexibility index (Phi) is 4.51. The van der Waals surface area contributed by atoms with Gasteiger partial charge in [-0.2, -0.15) is 0 Å². The van der Waals surface area contributed by atoms with Gasteiger partial charge in [-0.25, -0.2) is 0 Å². The molecule has 1 aromatic carbocycles. The SMILES string of the molecule is CC1(C)CCCCC1C(N)c1ccccc1OC(F)(F)F. The fraction of sp³-hybridized carbons (Fsp3) is 0.625. The Bertz CT molecular complexity index is 485. The van der Waals surface area contributed by atoms with Crippen molar-refractivity contribution in [2.45, 2.75) is 51.9 Å². The largest absolute Gasteiger partial charge is 0.573 e. The van der Waals surface area contributed by atoms with Gasteiger partial charge in [0.1, 0.15) is 5.75 Å². The van der Waals surface area contributed by atoms with Crippen molar-refractivity contribution in [2.24, 2.45) is 17.1 Å². The smallest absolute Gasteiger partial charge is 0.405 e. The van der Waals surface area contributed by atoms with Gasteiger partial charge in [0.2, 0.25) is 0 Å². The average molecular weight is 301 g/mol. The molecule has 0 bridgehead atoms. The van der Waals surface area contributed by atoms with Gasteiger partial charge in [-0.05, 0) is 30.2 Å². The topological polar surface area (TPSA) is 35.2 Å². The Morgan fingerprint density at radius 3 is 2.52 bits per heavy atom. The summed E-state index contributed by atoms with van der Waals surface area (Å²) in [5.74, 6) is -0.0249. The molecule has 2 N–H and O–H groups in total. The first-order valence-electron chi connectivity index (χ1n) is 7.31. The minimum absolute atomic E-state index is 0.0308. The molecule has 0 radical (unpaired) electrons. The lowest BCUT2D eigenvalue weighted by atomic mass is 9.65. The van der Waals surface area contributed by atoms with Crippen molar-refractivity contribution >= 4 is 0 Å². The Morgan fingerprint density at radius 2 is 1.90 bits per heavy atom. The van der Waals surface area contributed by atoms with Gasteiger partial charge in [0.25, 0.3) is 0 Å². The molecule has 2 rings (SSSR count). The summed E-state index contributed by atoms with van der Waals surface area (Å²) in [6.07, 6.45) is -0.485. The van der Waals surface area contributed by atoms with E-state index in [9.17, 15) is 13.2 Å². The lowest BCUT2D eigenvalue weighted by Crippen LogP contribution is -2.36. The number of hydrogen-bond donors (Lipinski definition) is 1. The van der Waals surface area contributed by atoms with Crippen LogP contribution in [-0.2, 0) is 0 Å². The summed E-state index contributed by atoms with van der Waals surface area (Å²) in [5.41, 5.74) is 6.79. The van der Waals surface area contributed by atoms with Crippen LogP contribution in [0.2, 0.25) is 0 Å². The molecule has 0 amide bonds. The van der Waals surface area contributed by atoms with Crippen LogP contribution in [0.15, 0.2) is 24.3 Å². The first kappa shape index (κ1) is 16.1. The number of rotatable bonds is 3. The van der Waals surface area contributed by atoms with E-state index in [4.69, 9.17) is 5.73 Å². The van der Waals surface area contributed by atoms with Gasteiger partial charge in [0.15, 0.2) is 0 Å². The molecule has 0 saturated heterocycles. The highest BCUT2D eigenvalue weighted by Gasteiger charge is 2.39. The van der Waals surface area contributed by atoms with Crippen molar-refractivity contribution in [3.05, 3.63) is 29.8 Å². The van der Waals surface area contributed by atoms with Gasteiger partial charge in [-0.3, -0.25) is 0 Å². The van der Waals surface area contributed by atoms with Gasteiger partial charge >= 0.3 is 6.36 Å².